The van der Waals surface area contributed by atoms with Crippen molar-refractivity contribution in [1.82, 2.24) is 5.32 Å². The van der Waals surface area contributed by atoms with E-state index in [0.717, 1.165) is 18.0 Å². The van der Waals surface area contributed by atoms with E-state index in [0.29, 0.717) is 13.2 Å². The monoisotopic (exact) mass is 305 g/mol. The molecule has 2 aromatic rings. The van der Waals surface area contributed by atoms with Gasteiger partial charge in [-0.2, -0.15) is 11.3 Å². The average Bonchev–Trinajstić information content (AvgIpc) is 3.01. The Morgan fingerprint density at radius 3 is 2.38 bits per heavy atom. The zero-order valence-corrected chi connectivity index (χ0v) is 13.7. The number of ether oxygens (including phenoxy) is 2. The maximum absolute atomic E-state index is 5.73. The Balaban J connectivity index is 2.34. The van der Waals surface area contributed by atoms with Crippen LogP contribution < -0.4 is 14.8 Å². The summed E-state index contributed by atoms with van der Waals surface area (Å²) in [6, 6.07) is 8.55. The van der Waals surface area contributed by atoms with Crippen molar-refractivity contribution in [2.24, 2.45) is 0 Å². The first-order valence-corrected chi connectivity index (χ1v) is 8.39. The molecular weight excluding hydrogens is 282 g/mol. The van der Waals surface area contributed by atoms with Crippen molar-refractivity contribution in [2.75, 3.05) is 19.8 Å². The molecule has 0 radical (unpaired) electrons. The zero-order valence-electron chi connectivity index (χ0n) is 12.9. The summed E-state index contributed by atoms with van der Waals surface area (Å²) in [5, 5.41) is 7.83. The Kier molecular flexibility index (Phi) is 6.08. The van der Waals surface area contributed by atoms with Crippen molar-refractivity contribution in [3.05, 3.63) is 46.2 Å². The van der Waals surface area contributed by atoms with Crippen molar-refractivity contribution in [2.45, 2.75) is 26.8 Å². The van der Waals surface area contributed by atoms with E-state index in [1.165, 1.54) is 11.1 Å². The van der Waals surface area contributed by atoms with Gasteiger partial charge in [-0.1, -0.05) is 13.0 Å². The third-order valence-electron chi connectivity index (χ3n) is 3.19. The molecule has 1 atom stereocenters. The Labute approximate surface area is 130 Å². The molecule has 0 saturated carbocycles. The SMILES string of the molecule is CCNC(c1ccsc1)c1ccc(OCC)c(OCC)c1. The van der Waals surface area contributed by atoms with Gasteiger partial charge in [0.15, 0.2) is 11.5 Å². The predicted octanol–water partition coefficient (Wildman–Crippen LogP) is 4.24. The van der Waals surface area contributed by atoms with Crippen LogP contribution in [0.5, 0.6) is 11.5 Å². The summed E-state index contributed by atoms with van der Waals surface area (Å²) in [5.41, 5.74) is 2.48. The first-order chi connectivity index (χ1) is 10.3. The topological polar surface area (TPSA) is 30.5 Å². The molecule has 2 rings (SSSR count). The van der Waals surface area contributed by atoms with Gasteiger partial charge in [-0.25, -0.2) is 0 Å². The van der Waals surface area contributed by atoms with Crippen molar-refractivity contribution in [3.8, 4) is 11.5 Å². The van der Waals surface area contributed by atoms with Gasteiger partial charge in [0.2, 0.25) is 0 Å². The number of rotatable bonds is 8. The molecule has 21 heavy (non-hydrogen) atoms. The van der Waals surface area contributed by atoms with Crippen molar-refractivity contribution < 1.29 is 9.47 Å². The van der Waals surface area contributed by atoms with Crippen LogP contribution in [0.25, 0.3) is 0 Å². The van der Waals surface area contributed by atoms with Gasteiger partial charge in [0, 0.05) is 0 Å². The third kappa shape index (κ3) is 3.99. The molecule has 0 bridgehead atoms. The zero-order chi connectivity index (χ0) is 15.1. The average molecular weight is 305 g/mol. The van der Waals surface area contributed by atoms with Gasteiger partial charge >= 0.3 is 0 Å². The first-order valence-electron chi connectivity index (χ1n) is 7.45. The fraction of sp³-hybridized carbons (Fsp3) is 0.412. The molecule has 1 aromatic heterocycles. The molecule has 114 valence electrons. The quantitative estimate of drug-likeness (QED) is 0.791. The number of benzene rings is 1. The van der Waals surface area contributed by atoms with Crippen LogP contribution in [-0.4, -0.2) is 19.8 Å². The highest BCUT2D eigenvalue weighted by Crippen LogP contribution is 2.33. The van der Waals surface area contributed by atoms with Gasteiger partial charge in [-0.15, -0.1) is 0 Å². The third-order valence-corrected chi connectivity index (χ3v) is 3.89. The summed E-state index contributed by atoms with van der Waals surface area (Å²) in [4.78, 5) is 0. The minimum absolute atomic E-state index is 0.191. The van der Waals surface area contributed by atoms with Gasteiger partial charge in [-0.3, -0.25) is 0 Å². The van der Waals surface area contributed by atoms with Gasteiger partial charge in [0.25, 0.3) is 0 Å². The van der Waals surface area contributed by atoms with Crippen molar-refractivity contribution >= 4 is 11.3 Å². The Bertz CT molecular complexity index is 540. The van der Waals surface area contributed by atoms with E-state index in [1.807, 2.05) is 19.9 Å². The summed E-state index contributed by atoms with van der Waals surface area (Å²) < 4.78 is 11.4. The van der Waals surface area contributed by atoms with E-state index in [1.54, 1.807) is 11.3 Å². The number of nitrogens with one attached hydrogen (secondary N) is 1. The second-order valence-electron chi connectivity index (χ2n) is 4.62. The van der Waals surface area contributed by atoms with E-state index < -0.39 is 0 Å². The molecule has 1 aromatic carbocycles. The van der Waals surface area contributed by atoms with E-state index in [-0.39, 0.29) is 6.04 Å². The second kappa shape index (κ2) is 8.05. The normalized spacial score (nSPS) is 12.1. The predicted molar refractivity (Wildman–Crippen MR) is 88.6 cm³/mol. The minimum Gasteiger partial charge on any atom is -0.490 e. The summed E-state index contributed by atoms with van der Waals surface area (Å²) in [6.45, 7) is 8.28. The fourth-order valence-electron chi connectivity index (χ4n) is 2.32. The Morgan fingerprint density at radius 1 is 1.00 bits per heavy atom. The van der Waals surface area contributed by atoms with Gasteiger partial charge in [0.1, 0.15) is 0 Å². The van der Waals surface area contributed by atoms with Crippen LogP contribution in [0.4, 0.5) is 0 Å². The molecule has 1 unspecified atom stereocenters. The second-order valence-corrected chi connectivity index (χ2v) is 5.40. The van der Waals surface area contributed by atoms with Crippen LogP contribution in [0.1, 0.15) is 37.9 Å². The number of hydrogen-bond acceptors (Lipinski definition) is 4. The Hall–Kier alpha value is -1.52. The van der Waals surface area contributed by atoms with E-state index in [9.17, 15) is 0 Å². The standard InChI is InChI=1S/C17H23NO2S/c1-4-18-17(14-9-10-21-12-14)13-7-8-15(19-5-2)16(11-13)20-6-3/h7-12,17-18H,4-6H2,1-3H3. The van der Waals surface area contributed by atoms with E-state index in [4.69, 9.17) is 9.47 Å². The first kappa shape index (κ1) is 15.9. The molecule has 0 spiro atoms. The highest BCUT2D eigenvalue weighted by atomic mass is 32.1. The van der Waals surface area contributed by atoms with Crippen molar-refractivity contribution in [3.63, 3.8) is 0 Å². The maximum Gasteiger partial charge on any atom is 0.161 e. The summed E-state index contributed by atoms with van der Waals surface area (Å²) >= 11 is 1.72. The number of thiophene rings is 1. The number of hydrogen-bond donors (Lipinski definition) is 1. The lowest BCUT2D eigenvalue weighted by Crippen LogP contribution is -2.21. The minimum atomic E-state index is 0.191. The van der Waals surface area contributed by atoms with Gasteiger partial charge in [-0.05, 0) is 60.5 Å². The maximum atomic E-state index is 5.73. The lowest BCUT2D eigenvalue weighted by molar-refractivity contribution is 0.287. The van der Waals surface area contributed by atoms with E-state index >= 15 is 0 Å². The van der Waals surface area contributed by atoms with Crippen molar-refractivity contribution in [1.29, 1.82) is 0 Å². The summed E-state index contributed by atoms with van der Waals surface area (Å²) in [6.07, 6.45) is 0. The van der Waals surface area contributed by atoms with Crippen LogP contribution in [-0.2, 0) is 0 Å². The van der Waals surface area contributed by atoms with Crippen LogP contribution >= 0.6 is 11.3 Å². The van der Waals surface area contributed by atoms with Crippen LogP contribution in [0.3, 0.4) is 0 Å². The smallest absolute Gasteiger partial charge is 0.161 e. The molecule has 0 aliphatic rings. The van der Waals surface area contributed by atoms with Crippen LogP contribution in [0, 0.1) is 0 Å². The highest BCUT2D eigenvalue weighted by Gasteiger charge is 2.16. The molecule has 1 N–H and O–H groups in total. The van der Waals surface area contributed by atoms with E-state index in [2.05, 4.69) is 41.2 Å². The lowest BCUT2D eigenvalue weighted by atomic mass is 10.0. The molecule has 0 aliphatic heterocycles. The molecule has 0 saturated heterocycles. The largest absolute Gasteiger partial charge is 0.490 e. The molecule has 4 heteroatoms. The molecule has 3 nitrogen and oxygen atoms in total. The fourth-order valence-corrected chi connectivity index (χ4v) is 3.00. The molecule has 0 amide bonds. The summed E-state index contributed by atoms with van der Waals surface area (Å²) in [5.74, 6) is 1.62. The van der Waals surface area contributed by atoms with Crippen LogP contribution in [0.2, 0.25) is 0 Å². The summed E-state index contributed by atoms with van der Waals surface area (Å²) in [7, 11) is 0. The lowest BCUT2D eigenvalue weighted by Gasteiger charge is -2.19. The van der Waals surface area contributed by atoms with Crippen LogP contribution in [0.15, 0.2) is 35.0 Å². The Morgan fingerprint density at radius 2 is 1.76 bits per heavy atom. The molecular formula is C17H23NO2S. The molecule has 0 aliphatic carbocycles. The van der Waals surface area contributed by atoms with Gasteiger partial charge < -0.3 is 14.8 Å². The van der Waals surface area contributed by atoms with Gasteiger partial charge in [0.05, 0.1) is 19.3 Å². The molecule has 0 fully saturated rings. The highest BCUT2D eigenvalue weighted by molar-refractivity contribution is 7.08. The molecule has 1 heterocycles.